The maximum atomic E-state index is 11.9. The summed E-state index contributed by atoms with van der Waals surface area (Å²) in [4.78, 5) is 39.2. The summed E-state index contributed by atoms with van der Waals surface area (Å²) in [5.74, 6) is 3.70. The van der Waals surface area contributed by atoms with Crippen LogP contribution >= 0.6 is 0 Å². The Morgan fingerprint density at radius 2 is 1.82 bits per heavy atom. The summed E-state index contributed by atoms with van der Waals surface area (Å²) < 4.78 is 0. The minimum absolute atomic E-state index is 0.0993. The van der Waals surface area contributed by atoms with Crippen LogP contribution in [0.2, 0.25) is 0 Å². The van der Waals surface area contributed by atoms with Gasteiger partial charge in [-0.05, 0) is 25.3 Å². The quantitative estimate of drug-likeness (QED) is 0.411. The highest BCUT2D eigenvalue weighted by atomic mass is 16.6. The van der Waals surface area contributed by atoms with Crippen molar-refractivity contribution in [1.82, 2.24) is 16.2 Å². The summed E-state index contributed by atoms with van der Waals surface area (Å²) in [7, 11) is 1.60. The predicted octanol–water partition coefficient (Wildman–Crippen LogP) is -0.212. The number of amides is 2. The Morgan fingerprint density at radius 3 is 2.32 bits per heavy atom. The Bertz CT molecular complexity index is 380. The minimum atomic E-state index is -0.690. The maximum Gasteiger partial charge on any atom is 0.254 e. The lowest BCUT2D eigenvalue weighted by Crippen LogP contribution is -2.51. The van der Waals surface area contributed by atoms with E-state index in [0.717, 1.165) is 6.42 Å². The van der Waals surface area contributed by atoms with Gasteiger partial charge < -0.3 is 0 Å². The van der Waals surface area contributed by atoms with E-state index in [1.165, 1.54) is 0 Å². The average molecular weight is 316 g/mol. The smallest absolute Gasteiger partial charge is 0.254 e. The second-order valence-electron chi connectivity index (χ2n) is 6.31. The van der Waals surface area contributed by atoms with E-state index < -0.39 is 24.5 Å². The van der Waals surface area contributed by atoms with Crippen LogP contribution in [-0.4, -0.2) is 37.3 Å². The van der Waals surface area contributed by atoms with E-state index in [1.54, 1.807) is 7.05 Å². The first-order chi connectivity index (χ1) is 10.2. The molecule has 128 valence electrons. The van der Waals surface area contributed by atoms with Gasteiger partial charge in [0.15, 0.2) is 0 Å². The van der Waals surface area contributed by atoms with E-state index in [0.29, 0.717) is 12.8 Å². The van der Waals surface area contributed by atoms with Gasteiger partial charge in [-0.3, -0.25) is 30.0 Å². The molecule has 1 atom stereocenters. The average Bonchev–Trinajstić information content (AvgIpc) is 2.40. The van der Waals surface area contributed by atoms with Crippen molar-refractivity contribution in [3.63, 3.8) is 0 Å². The molecular weight excluding hydrogens is 288 g/mol. The third-order valence-electron chi connectivity index (χ3n) is 2.98. The number of imide groups is 1. The number of hydrogen-bond donors (Lipinski definition) is 4. The van der Waals surface area contributed by atoms with Gasteiger partial charge in [-0.15, -0.1) is 0 Å². The number of hydrogen-bond acceptors (Lipinski definition) is 7. The van der Waals surface area contributed by atoms with Crippen LogP contribution in [0.5, 0.6) is 0 Å². The van der Waals surface area contributed by atoms with Crippen molar-refractivity contribution in [2.75, 3.05) is 13.7 Å². The monoisotopic (exact) mass is 316 g/mol. The van der Waals surface area contributed by atoms with Crippen LogP contribution < -0.4 is 22.1 Å². The Morgan fingerprint density at radius 1 is 1.18 bits per heavy atom. The van der Waals surface area contributed by atoms with Gasteiger partial charge in [-0.25, -0.2) is 11.3 Å². The van der Waals surface area contributed by atoms with Crippen molar-refractivity contribution in [3.8, 4) is 0 Å². The summed E-state index contributed by atoms with van der Waals surface area (Å²) in [5.41, 5.74) is 5.47. The van der Waals surface area contributed by atoms with Gasteiger partial charge in [0.2, 0.25) is 5.91 Å². The second kappa shape index (κ2) is 10.4. The maximum absolute atomic E-state index is 11.9. The molecule has 0 rings (SSSR count). The molecule has 8 heteroatoms. The second-order valence-corrected chi connectivity index (χ2v) is 6.31. The van der Waals surface area contributed by atoms with E-state index in [2.05, 4.69) is 41.8 Å². The predicted molar refractivity (Wildman–Crippen MR) is 82.2 cm³/mol. The Labute approximate surface area is 131 Å². The molecule has 2 amide bonds. The third-order valence-corrected chi connectivity index (χ3v) is 2.98. The molecule has 0 heterocycles. The van der Waals surface area contributed by atoms with Crippen LogP contribution in [0.4, 0.5) is 0 Å². The lowest BCUT2D eigenvalue weighted by Gasteiger charge is -2.19. The van der Waals surface area contributed by atoms with Gasteiger partial charge in [0.25, 0.3) is 5.91 Å². The molecule has 0 aliphatic heterocycles. The van der Waals surface area contributed by atoms with Gasteiger partial charge in [-0.1, -0.05) is 20.8 Å². The van der Waals surface area contributed by atoms with Crippen LogP contribution in [0, 0.1) is 5.41 Å². The fourth-order valence-electron chi connectivity index (χ4n) is 1.72. The Kier molecular flexibility index (Phi) is 9.75. The first-order valence-electron chi connectivity index (χ1n) is 7.29. The molecule has 0 radical (unpaired) electrons. The van der Waals surface area contributed by atoms with Crippen molar-refractivity contribution in [2.24, 2.45) is 11.3 Å². The molecule has 0 spiro atoms. The number of Topliss-reactive ketones (excluding diaryl/α,β-unsaturated/α-hetero) is 1. The number of nitrogens with one attached hydrogen (secondary N) is 3. The van der Waals surface area contributed by atoms with E-state index in [4.69, 9.17) is 5.90 Å². The molecular formula is C14H28N4O4. The topological polar surface area (TPSA) is 123 Å². The fraction of sp³-hybridized carbons (Fsp3) is 0.786. The normalized spacial score (nSPS) is 12.8. The Hall–Kier alpha value is -1.35. The van der Waals surface area contributed by atoms with E-state index in [1.807, 2.05) is 0 Å². The van der Waals surface area contributed by atoms with Crippen LogP contribution in [-0.2, 0) is 19.2 Å². The molecule has 0 saturated heterocycles. The van der Waals surface area contributed by atoms with Crippen LogP contribution in [0.15, 0.2) is 0 Å². The first kappa shape index (κ1) is 20.6. The molecule has 22 heavy (non-hydrogen) atoms. The standard InChI is InChI=1S/C14H28N4O4/c1-14(2,3)8-7-10(19)5-6-11(18-16-4)13(21)17-12(20)9-22-15/h11,16,18H,5-9,15H2,1-4H3,(H,17,20,21). The molecule has 8 nitrogen and oxygen atoms in total. The number of ketones is 1. The van der Waals surface area contributed by atoms with Crippen LogP contribution in [0.1, 0.15) is 46.5 Å². The highest BCUT2D eigenvalue weighted by molar-refractivity contribution is 5.98. The molecule has 5 N–H and O–H groups in total. The van der Waals surface area contributed by atoms with Crippen molar-refractivity contribution >= 4 is 17.6 Å². The van der Waals surface area contributed by atoms with Crippen molar-refractivity contribution in [2.45, 2.75) is 52.5 Å². The van der Waals surface area contributed by atoms with Gasteiger partial charge in [0.1, 0.15) is 18.4 Å². The van der Waals surface area contributed by atoms with E-state index in [-0.39, 0.29) is 17.6 Å². The molecule has 1 unspecified atom stereocenters. The first-order valence-corrected chi connectivity index (χ1v) is 7.29. The lowest BCUT2D eigenvalue weighted by atomic mass is 9.89. The van der Waals surface area contributed by atoms with E-state index >= 15 is 0 Å². The summed E-state index contributed by atoms with van der Waals surface area (Å²) >= 11 is 0. The zero-order valence-electron chi connectivity index (χ0n) is 13.8. The molecule has 0 aromatic carbocycles. The molecule has 0 bridgehead atoms. The van der Waals surface area contributed by atoms with Gasteiger partial charge in [-0.2, -0.15) is 0 Å². The third kappa shape index (κ3) is 10.4. The minimum Gasteiger partial charge on any atom is -0.300 e. The zero-order valence-corrected chi connectivity index (χ0v) is 13.8. The summed E-state index contributed by atoms with van der Waals surface area (Å²) in [6, 6.07) is -0.690. The molecule has 0 aromatic rings. The number of rotatable bonds is 10. The Balaban J connectivity index is 4.31. The molecule has 0 fully saturated rings. The fourth-order valence-corrected chi connectivity index (χ4v) is 1.72. The highest BCUT2D eigenvalue weighted by Crippen LogP contribution is 2.21. The number of nitrogens with two attached hydrogens (primary N) is 1. The van der Waals surface area contributed by atoms with Gasteiger partial charge in [0.05, 0.1) is 0 Å². The molecule has 0 aromatic heterocycles. The molecule has 0 aliphatic carbocycles. The SMILES string of the molecule is CNNC(CCC(=O)CCC(C)(C)C)C(=O)NC(=O)CON. The van der Waals surface area contributed by atoms with Gasteiger partial charge in [0, 0.05) is 12.8 Å². The largest absolute Gasteiger partial charge is 0.300 e. The number of hydrazine groups is 1. The highest BCUT2D eigenvalue weighted by Gasteiger charge is 2.21. The number of carbonyl (C=O) groups excluding carboxylic acids is 3. The summed E-state index contributed by atoms with van der Waals surface area (Å²) in [5, 5.41) is 2.15. The van der Waals surface area contributed by atoms with Crippen molar-refractivity contribution in [3.05, 3.63) is 0 Å². The van der Waals surface area contributed by atoms with Crippen LogP contribution in [0.25, 0.3) is 0 Å². The molecule has 0 saturated carbocycles. The van der Waals surface area contributed by atoms with Crippen molar-refractivity contribution < 1.29 is 19.2 Å². The number of carbonyl (C=O) groups is 3. The van der Waals surface area contributed by atoms with Gasteiger partial charge >= 0.3 is 0 Å². The summed E-state index contributed by atoms with van der Waals surface area (Å²) in [6.45, 7) is 5.82. The van der Waals surface area contributed by atoms with Crippen LogP contribution in [0.3, 0.4) is 0 Å². The van der Waals surface area contributed by atoms with E-state index in [9.17, 15) is 14.4 Å². The molecule has 0 aliphatic rings. The van der Waals surface area contributed by atoms with Crippen molar-refractivity contribution in [1.29, 1.82) is 0 Å². The summed E-state index contributed by atoms with van der Waals surface area (Å²) in [6.07, 6.45) is 1.85. The zero-order chi connectivity index (χ0) is 17.2. The lowest BCUT2D eigenvalue weighted by molar-refractivity contribution is -0.134.